The number of phenolic OH excluding ortho intramolecular Hbond substituents is 2. The van der Waals surface area contributed by atoms with Crippen LogP contribution in [-0.4, -0.2) is 45.8 Å². The molecule has 0 heterocycles. The summed E-state index contributed by atoms with van der Waals surface area (Å²) in [5, 5.41) is 32.9. The minimum absolute atomic E-state index is 0. The Bertz CT molecular complexity index is 1620. The summed E-state index contributed by atoms with van der Waals surface area (Å²) in [7, 11) is 0. The molecule has 215 valence electrons. The van der Waals surface area contributed by atoms with E-state index in [9.17, 15) is 10.2 Å². The number of benzene rings is 4. The third kappa shape index (κ3) is 5.88. The van der Waals surface area contributed by atoms with Crippen molar-refractivity contribution in [3.8, 4) is 11.5 Å². The number of hydrogen-bond donors (Lipinski definition) is 3. The molecule has 1 radical (unpaired) electrons. The fourth-order valence-electron chi connectivity index (χ4n) is 6.73. The quantitative estimate of drug-likeness (QED) is 0.212. The molecule has 0 aliphatic heterocycles. The van der Waals surface area contributed by atoms with E-state index < -0.39 is 5.97 Å². The Morgan fingerprint density at radius 2 is 1.39 bits per heavy atom. The van der Waals surface area contributed by atoms with Crippen molar-refractivity contribution < 1.29 is 36.9 Å². The Morgan fingerprint density at radius 3 is 1.90 bits per heavy atom. The molecule has 6 nitrogen and oxygen atoms in total. The van der Waals surface area contributed by atoms with Crippen LogP contribution in [0.25, 0.3) is 21.5 Å². The number of aliphatic carboxylic acids is 1. The number of phenols is 2. The van der Waals surface area contributed by atoms with Crippen LogP contribution in [-0.2, 0) is 21.6 Å². The summed E-state index contributed by atoms with van der Waals surface area (Å²) in [5.41, 5.74) is 1.40. The van der Waals surface area contributed by atoms with Crippen LogP contribution < -0.4 is 0 Å². The van der Waals surface area contributed by atoms with Gasteiger partial charge in [-0.1, -0.05) is 74.5 Å². The number of nitrogens with zero attached hydrogens (tertiary/aromatic N) is 2. The number of aliphatic imine (C=N–C) groups is 2. The first-order valence-corrected chi connectivity index (χ1v) is 13.8. The molecule has 3 fully saturated rings. The SMILES string of the molecule is CC(=O)O.CC1(C)C2C[C@H]1CCC2(CN=Cc1c(O)ccc2ccccc12)N=Cc1c(O)ccc2ccccc12.[Co]. The number of fused-ring (bicyclic) bond motifs is 4. The van der Waals surface area contributed by atoms with E-state index in [0.29, 0.717) is 12.5 Å². The molecule has 2 bridgehead atoms. The standard InChI is InChI=1S/C32H32N2O2.C2H4O2.Co/c1-31(2)23-15-16-32(30(31)17-23,34-19-27-25-10-6-4-8-22(25)12-14-29(27)36)20-33-18-26-24-9-5-3-7-21(24)11-13-28(26)35;1-2(3)4;/h3-14,18-19,23,30,35-36H,15-17,20H2,1-2H3;1H3,(H,3,4);/t23-,30?,32?;;/m1../s1. The molecular formula is C34H36CoN2O4. The maximum absolute atomic E-state index is 10.7. The maximum atomic E-state index is 10.7. The fourth-order valence-corrected chi connectivity index (χ4v) is 6.73. The summed E-state index contributed by atoms with van der Waals surface area (Å²) in [6, 6.07) is 23.5. The summed E-state index contributed by atoms with van der Waals surface area (Å²) in [6.07, 6.45) is 6.99. The van der Waals surface area contributed by atoms with Gasteiger partial charge in [0.15, 0.2) is 0 Å². The van der Waals surface area contributed by atoms with Gasteiger partial charge >= 0.3 is 0 Å². The summed E-state index contributed by atoms with van der Waals surface area (Å²) < 4.78 is 0. The van der Waals surface area contributed by atoms with E-state index in [1.165, 1.54) is 6.42 Å². The van der Waals surface area contributed by atoms with Crippen molar-refractivity contribution in [2.24, 2.45) is 27.2 Å². The zero-order valence-electron chi connectivity index (χ0n) is 23.5. The average Bonchev–Trinajstić information content (AvgIpc) is 2.93. The first-order valence-electron chi connectivity index (χ1n) is 13.8. The van der Waals surface area contributed by atoms with E-state index in [2.05, 4.69) is 19.9 Å². The van der Waals surface area contributed by atoms with Gasteiger partial charge in [-0.05, 0) is 70.2 Å². The predicted molar refractivity (Wildman–Crippen MR) is 162 cm³/mol. The molecule has 0 amide bonds. The number of carbonyl (C=O) groups is 1. The van der Waals surface area contributed by atoms with Crippen molar-refractivity contribution >= 4 is 39.9 Å². The zero-order chi connectivity index (χ0) is 28.5. The largest absolute Gasteiger partial charge is 0.507 e. The van der Waals surface area contributed by atoms with Gasteiger partial charge in [-0.25, -0.2) is 0 Å². The van der Waals surface area contributed by atoms with E-state index in [-0.39, 0.29) is 39.2 Å². The third-order valence-corrected chi connectivity index (χ3v) is 8.98. The monoisotopic (exact) mass is 595 g/mol. The molecule has 3 saturated carbocycles. The first-order chi connectivity index (χ1) is 19.1. The van der Waals surface area contributed by atoms with Gasteiger partial charge in [0.2, 0.25) is 0 Å². The Balaban J connectivity index is 0.000000729. The second-order valence-electron chi connectivity index (χ2n) is 11.6. The molecule has 7 heteroatoms. The predicted octanol–water partition coefficient (Wildman–Crippen LogP) is 7.23. The molecule has 3 aliphatic carbocycles. The van der Waals surface area contributed by atoms with E-state index in [1.807, 2.05) is 67.0 Å². The summed E-state index contributed by atoms with van der Waals surface area (Å²) in [5.74, 6) is 0.819. The van der Waals surface area contributed by atoms with Crippen LogP contribution in [0.1, 0.15) is 51.2 Å². The molecule has 7 rings (SSSR count). The Labute approximate surface area is 251 Å². The van der Waals surface area contributed by atoms with Crippen LogP contribution in [0, 0.1) is 17.3 Å². The normalized spacial score (nSPS) is 22.6. The van der Waals surface area contributed by atoms with Crippen molar-refractivity contribution in [3.05, 3.63) is 83.9 Å². The molecule has 4 aromatic rings. The van der Waals surface area contributed by atoms with Crippen LogP contribution in [0.4, 0.5) is 0 Å². The molecule has 3 aliphatic rings. The van der Waals surface area contributed by atoms with Gasteiger partial charge in [0.05, 0.1) is 12.1 Å². The van der Waals surface area contributed by atoms with Crippen LogP contribution in [0.5, 0.6) is 11.5 Å². The second kappa shape index (κ2) is 12.0. The Hall–Kier alpha value is -3.68. The van der Waals surface area contributed by atoms with Crippen molar-refractivity contribution in [2.45, 2.75) is 45.6 Å². The molecule has 0 saturated heterocycles. The van der Waals surface area contributed by atoms with E-state index >= 15 is 0 Å². The molecular weight excluding hydrogens is 559 g/mol. The number of carboxylic acids is 1. The number of aromatic hydroxyl groups is 2. The zero-order valence-corrected chi connectivity index (χ0v) is 24.6. The van der Waals surface area contributed by atoms with Gasteiger partial charge in [-0.3, -0.25) is 14.8 Å². The van der Waals surface area contributed by atoms with Crippen LogP contribution in [0.15, 0.2) is 82.8 Å². The molecule has 4 aromatic carbocycles. The first kappa shape index (κ1) is 30.3. The van der Waals surface area contributed by atoms with E-state index in [1.54, 1.807) is 12.1 Å². The summed E-state index contributed by atoms with van der Waals surface area (Å²) in [6.45, 7) is 6.37. The molecule has 3 atom stereocenters. The van der Waals surface area contributed by atoms with E-state index in [0.717, 1.165) is 58.4 Å². The maximum Gasteiger partial charge on any atom is 0.300 e. The van der Waals surface area contributed by atoms with Crippen LogP contribution in [0.2, 0.25) is 0 Å². The Kier molecular flexibility index (Phi) is 8.90. The van der Waals surface area contributed by atoms with Gasteiger partial charge < -0.3 is 15.3 Å². The number of rotatable bonds is 5. The van der Waals surface area contributed by atoms with Crippen LogP contribution >= 0.6 is 0 Å². The van der Waals surface area contributed by atoms with Gasteiger partial charge in [-0.15, -0.1) is 0 Å². The number of carboxylic acid groups (broad SMARTS) is 1. The van der Waals surface area contributed by atoms with Gasteiger partial charge in [-0.2, -0.15) is 0 Å². The van der Waals surface area contributed by atoms with Crippen molar-refractivity contribution in [1.82, 2.24) is 0 Å². The molecule has 41 heavy (non-hydrogen) atoms. The molecule has 0 spiro atoms. The molecule has 2 unspecified atom stereocenters. The van der Waals surface area contributed by atoms with Crippen LogP contribution in [0.3, 0.4) is 0 Å². The van der Waals surface area contributed by atoms with Crippen molar-refractivity contribution in [3.63, 3.8) is 0 Å². The number of hydrogen-bond acceptors (Lipinski definition) is 5. The Morgan fingerprint density at radius 1 is 0.878 bits per heavy atom. The summed E-state index contributed by atoms with van der Waals surface area (Å²) >= 11 is 0. The fraction of sp³-hybridized carbons (Fsp3) is 0.324. The van der Waals surface area contributed by atoms with Gasteiger partial charge in [0, 0.05) is 47.3 Å². The van der Waals surface area contributed by atoms with E-state index in [4.69, 9.17) is 19.9 Å². The molecule has 0 aromatic heterocycles. The minimum atomic E-state index is -0.833. The summed E-state index contributed by atoms with van der Waals surface area (Å²) in [4.78, 5) is 19.2. The topological polar surface area (TPSA) is 102 Å². The third-order valence-electron chi connectivity index (χ3n) is 8.98. The molecule has 3 N–H and O–H groups in total. The average molecular weight is 596 g/mol. The van der Waals surface area contributed by atoms with Gasteiger partial charge in [0.1, 0.15) is 11.5 Å². The van der Waals surface area contributed by atoms with Gasteiger partial charge in [0.25, 0.3) is 5.97 Å². The smallest absolute Gasteiger partial charge is 0.300 e. The van der Waals surface area contributed by atoms with Crippen molar-refractivity contribution in [1.29, 1.82) is 0 Å². The minimum Gasteiger partial charge on any atom is -0.507 e. The van der Waals surface area contributed by atoms with Crippen molar-refractivity contribution in [2.75, 3.05) is 6.54 Å². The second-order valence-corrected chi connectivity index (χ2v) is 11.6.